The summed E-state index contributed by atoms with van der Waals surface area (Å²) in [6, 6.07) is 5.59. The lowest BCUT2D eigenvalue weighted by molar-refractivity contribution is 0.00578. The summed E-state index contributed by atoms with van der Waals surface area (Å²) in [5.41, 5.74) is -1.77. The molecule has 0 spiro atoms. The van der Waals surface area contributed by atoms with Crippen LogP contribution < -0.4 is 0 Å². The number of benzene rings is 1. The first-order valence-electron chi connectivity index (χ1n) is 7.13. The Morgan fingerprint density at radius 3 is 2.18 bits per heavy atom. The van der Waals surface area contributed by atoms with Crippen molar-refractivity contribution in [2.75, 3.05) is 0 Å². The molecule has 22 heavy (non-hydrogen) atoms. The SMILES string of the molecule is CC(F)(F)c1cccc(C=C(F)B2OC(C)(C)C(C)(C)O2)c1. The smallest absolute Gasteiger partial charge is 0.398 e. The monoisotopic (exact) mass is 312 g/mol. The van der Waals surface area contributed by atoms with Crippen molar-refractivity contribution in [2.24, 2.45) is 0 Å². The summed E-state index contributed by atoms with van der Waals surface area (Å²) in [6.07, 6.45) is 1.16. The van der Waals surface area contributed by atoms with Crippen molar-refractivity contribution >= 4 is 13.2 Å². The highest BCUT2D eigenvalue weighted by Gasteiger charge is 2.53. The average molecular weight is 312 g/mol. The van der Waals surface area contributed by atoms with E-state index in [1.54, 1.807) is 6.07 Å². The molecule has 0 saturated carbocycles. The van der Waals surface area contributed by atoms with E-state index in [2.05, 4.69) is 0 Å². The van der Waals surface area contributed by atoms with Gasteiger partial charge in [0.1, 0.15) is 5.73 Å². The minimum atomic E-state index is -2.97. The standard InChI is InChI=1S/C16H20BF3O2/c1-14(2)15(3,4)22-17(21-14)13(18)10-11-7-6-8-12(9-11)16(5,19)20/h6-10H,1-5H3. The Hall–Kier alpha value is -1.27. The van der Waals surface area contributed by atoms with Gasteiger partial charge in [-0.15, -0.1) is 0 Å². The summed E-state index contributed by atoms with van der Waals surface area (Å²) in [4.78, 5) is 0. The molecule has 0 bridgehead atoms. The third kappa shape index (κ3) is 3.38. The molecular formula is C16H20BF3O2. The Balaban J connectivity index is 2.24. The van der Waals surface area contributed by atoms with Crippen LogP contribution >= 0.6 is 0 Å². The minimum absolute atomic E-state index is 0.164. The van der Waals surface area contributed by atoms with E-state index in [9.17, 15) is 13.2 Å². The number of halogens is 3. The molecular weight excluding hydrogens is 292 g/mol. The summed E-state index contributed by atoms with van der Waals surface area (Å²) in [7, 11) is -1.13. The maximum absolute atomic E-state index is 14.3. The molecule has 0 unspecified atom stereocenters. The van der Waals surface area contributed by atoms with E-state index in [1.165, 1.54) is 18.2 Å². The van der Waals surface area contributed by atoms with Gasteiger partial charge >= 0.3 is 7.12 Å². The largest absolute Gasteiger partial charge is 0.525 e. The third-order valence-corrected chi connectivity index (χ3v) is 4.18. The molecule has 1 saturated heterocycles. The van der Waals surface area contributed by atoms with Gasteiger partial charge in [0.2, 0.25) is 0 Å². The molecule has 1 aromatic carbocycles. The maximum Gasteiger partial charge on any atom is 0.525 e. The lowest BCUT2D eigenvalue weighted by Crippen LogP contribution is -2.41. The molecule has 1 fully saturated rings. The van der Waals surface area contributed by atoms with E-state index in [0.717, 1.165) is 13.0 Å². The van der Waals surface area contributed by atoms with Gasteiger partial charge in [0.25, 0.3) is 5.92 Å². The zero-order valence-corrected chi connectivity index (χ0v) is 13.4. The highest BCUT2D eigenvalue weighted by atomic mass is 19.3. The second kappa shape index (κ2) is 5.42. The predicted molar refractivity (Wildman–Crippen MR) is 81.2 cm³/mol. The highest BCUT2D eigenvalue weighted by molar-refractivity contribution is 6.54. The normalized spacial score (nSPS) is 21.3. The molecule has 2 rings (SSSR count). The first-order chi connectivity index (χ1) is 9.92. The van der Waals surface area contributed by atoms with E-state index in [-0.39, 0.29) is 5.56 Å². The van der Waals surface area contributed by atoms with Crippen molar-refractivity contribution in [2.45, 2.75) is 51.7 Å². The fraction of sp³-hybridized carbons (Fsp3) is 0.500. The van der Waals surface area contributed by atoms with Crippen molar-refractivity contribution < 1.29 is 22.5 Å². The number of rotatable bonds is 3. The van der Waals surface area contributed by atoms with Gasteiger partial charge in [-0.25, -0.2) is 13.2 Å². The molecule has 6 heteroatoms. The van der Waals surface area contributed by atoms with Gasteiger partial charge < -0.3 is 9.31 Å². The van der Waals surface area contributed by atoms with Gasteiger partial charge in [-0.05, 0) is 45.4 Å². The fourth-order valence-corrected chi connectivity index (χ4v) is 2.08. The van der Waals surface area contributed by atoms with E-state index in [0.29, 0.717) is 5.56 Å². The molecule has 0 amide bonds. The molecule has 1 aliphatic heterocycles. The third-order valence-electron chi connectivity index (χ3n) is 4.18. The molecule has 1 heterocycles. The van der Waals surface area contributed by atoms with E-state index < -0.39 is 30.0 Å². The van der Waals surface area contributed by atoms with Crippen LogP contribution in [0.1, 0.15) is 45.7 Å². The van der Waals surface area contributed by atoms with Gasteiger partial charge in [-0.2, -0.15) is 0 Å². The summed E-state index contributed by atoms with van der Waals surface area (Å²) in [6.45, 7) is 8.08. The van der Waals surface area contributed by atoms with Crippen molar-refractivity contribution in [1.82, 2.24) is 0 Å². The quantitative estimate of drug-likeness (QED) is 0.751. The van der Waals surface area contributed by atoms with Gasteiger partial charge in [-0.3, -0.25) is 0 Å². The Labute approximate surface area is 129 Å². The highest BCUT2D eigenvalue weighted by Crippen LogP contribution is 2.39. The van der Waals surface area contributed by atoms with Crippen LogP contribution in [-0.4, -0.2) is 18.3 Å². The van der Waals surface area contributed by atoms with Crippen LogP contribution in [0.4, 0.5) is 13.2 Å². The molecule has 0 radical (unpaired) electrons. The first-order valence-corrected chi connectivity index (χ1v) is 7.13. The molecule has 1 aromatic rings. The lowest BCUT2D eigenvalue weighted by atomic mass is 9.86. The van der Waals surface area contributed by atoms with Crippen LogP contribution in [0.5, 0.6) is 0 Å². The lowest BCUT2D eigenvalue weighted by Gasteiger charge is -2.32. The Bertz CT molecular complexity index is 575. The number of hydrogen-bond acceptors (Lipinski definition) is 2. The average Bonchev–Trinajstić information content (AvgIpc) is 2.58. The van der Waals surface area contributed by atoms with Crippen LogP contribution in [0.25, 0.3) is 6.08 Å². The van der Waals surface area contributed by atoms with Crippen LogP contribution in [0.3, 0.4) is 0 Å². The minimum Gasteiger partial charge on any atom is -0.398 e. The Morgan fingerprint density at radius 2 is 1.68 bits per heavy atom. The summed E-state index contributed by atoms with van der Waals surface area (Å²) >= 11 is 0. The van der Waals surface area contributed by atoms with Crippen LogP contribution in [0.15, 0.2) is 30.0 Å². The molecule has 2 nitrogen and oxygen atoms in total. The molecule has 0 atom stereocenters. The molecule has 120 valence electrons. The van der Waals surface area contributed by atoms with Crippen LogP contribution in [-0.2, 0) is 15.2 Å². The Morgan fingerprint density at radius 1 is 1.14 bits per heavy atom. The van der Waals surface area contributed by atoms with Gasteiger partial charge in [0, 0.05) is 12.5 Å². The zero-order chi connectivity index (χ0) is 16.8. The zero-order valence-electron chi connectivity index (χ0n) is 13.4. The summed E-state index contributed by atoms with van der Waals surface area (Å²) in [5, 5.41) is 0. The van der Waals surface area contributed by atoms with E-state index in [1.807, 2.05) is 27.7 Å². The molecule has 0 aromatic heterocycles. The second-order valence-electron chi connectivity index (χ2n) is 6.63. The number of hydrogen-bond donors (Lipinski definition) is 0. The number of alkyl halides is 2. The summed E-state index contributed by atoms with van der Waals surface area (Å²) < 4.78 is 52.1. The molecule has 0 N–H and O–H groups in total. The van der Waals surface area contributed by atoms with Gasteiger partial charge in [-0.1, -0.05) is 18.2 Å². The van der Waals surface area contributed by atoms with Gasteiger partial charge in [0.05, 0.1) is 11.2 Å². The first kappa shape index (κ1) is 17.1. The van der Waals surface area contributed by atoms with Crippen molar-refractivity contribution in [1.29, 1.82) is 0 Å². The van der Waals surface area contributed by atoms with Crippen molar-refractivity contribution in [3.8, 4) is 0 Å². The predicted octanol–water partition coefficient (Wildman–Crippen LogP) is 4.74. The van der Waals surface area contributed by atoms with Crippen molar-refractivity contribution in [3.63, 3.8) is 0 Å². The van der Waals surface area contributed by atoms with Gasteiger partial charge in [0.15, 0.2) is 0 Å². The Kier molecular flexibility index (Phi) is 4.21. The van der Waals surface area contributed by atoms with E-state index in [4.69, 9.17) is 9.31 Å². The van der Waals surface area contributed by atoms with Crippen LogP contribution in [0.2, 0.25) is 0 Å². The topological polar surface area (TPSA) is 18.5 Å². The van der Waals surface area contributed by atoms with Crippen LogP contribution in [0, 0.1) is 0 Å². The van der Waals surface area contributed by atoms with E-state index >= 15 is 0 Å². The fourth-order valence-electron chi connectivity index (χ4n) is 2.08. The second-order valence-corrected chi connectivity index (χ2v) is 6.63. The maximum atomic E-state index is 14.3. The molecule has 1 aliphatic rings. The molecule has 0 aliphatic carbocycles. The van der Waals surface area contributed by atoms with Crippen molar-refractivity contribution in [3.05, 3.63) is 41.1 Å². The summed E-state index contributed by atoms with van der Waals surface area (Å²) in [5.74, 6) is -2.97.